The van der Waals surface area contributed by atoms with E-state index in [9.17, 15) is 9.59 Å². The molecule has 0 radical (unpaired) electrons. The first-order chi connectivity index (χ1) is 16.1. The van der Waals surface area contributed by atoms with Gasteiger partial charge in [-0.1, -0.05) is 52.2 Å². The van der Waals surface area contributed by atoms with Crippen molar-refractivity contribution in [2.24, 2.45) is 0 Å². The third-order valence-electron chi connectivity index (χ3n) is 5.22. The van der Waals surface area contributed by atoms with Gasteiger partial charge in [0, 0.05) is 36.1 Å². The van der Waals surface area contributed by atoms with Crippen LogP contribution in [0.4, 0.5) is 11.4 Å². The number of hydrogen-bond acceptors (Lipinski definition) is 4. The average Bonchev–Trinajstić information content (AvgIpc) is 2.82. The van der Waals surface area contributed by atoms with E-state index in [1.54, 1.807) is 6.07 Å². The van der Waals surface area contributed by atoms with E-state index >= 15 is 0 Å². The summed E-state index contributed by atoms with van der Waals surface area (Å²) in [5.74, 6) is 0.621. The molecule has 0 aromatic heterocycles. The monoisotopic (exact) mass is 453 g/mol. The van der Waals surface area contributed by atoms with Crippen molar-refractivity contribution in [2.75, 3.05) is 36.9 Å². The van der Waals surface area contributed by atoms with E-state index in [4.69, 9.17) is 4.74 Å². The van der Waals surface area contributed by atoms with Crippen LogP contribution in [0.5, 0.6) is 5.75 Å². The van der Waals surface area contributed by atoms with Crippen molar-refractivity contribution in [3.63, 3.8) is 0 Å². The molecule has 2 rings (SSSR count). The molecule has 2 amide bonds. The molecule has 0 heterocycles. The Morgan fingerprint density at radius 2 is 1.58 bits per heavy atom. The van der Waals surface area contributed by atoms with Crippen LogP contribution in [0.1, 0.15) is 69.7 Å². The van der Waals surface area contributed by atoms with Crippen LogP contribution in [-0.4, -0.2) is 43.0 Å². The lowest BCUT2D eigenvalue weighted by Crippen LogP contribution is -2.32. The number of amides is 2. The minimum atomic E-state index is -0.162. The van der Waals surface area contributed by atoms with Crippen molar-refractivity contribution in [3.05, 3.63) is 54.1 Å². The van der Waals surface area contributed by atoms with Crippen LogP contribution in [0.3, 0.4) is 0 Å². The molecule has 180 valence electrons. The smallest absolute Gasteiger partial charge is 0.253 e. The first-order valence-corrected chi connectivity index (χ1v) is 12.2. The summed E-state index contributed by atoms with van der Waals surface area (Å²) >= 11 is 0. The summed E-state index contributed by atoms with van der Waals surface area (Å²) < 4.78 is 5.79. The van der Waals surface area contributed by atoms with Gasteiger partial charge >= 0.3 is 0 Å². The molecule has 6 heteroatoms. The number of carbonyl (C=O) groups excluding carboxylic acids is 2. The van der Waals surface area contributed by atoms with Crippen LogP contribution < -0.4 is 15.4 Å². The van der Waals surface area contributed by atoms with Crippen LogP contribution in [0, 0.1) is 0 Å². The number of anilines is 2. The molecule has 0 aliphatic rings. The lowest BCUT2D eigenvalue weighted by molar-refractivity contribution is -0.114. The van der Waals surface area contributed by atoms with Crippen molar-refractivity contribution in [2.45, 2.75) is 59.3 Å². The predicted molar refractivity (Wildman–Crippen MR) is 136 cm³/mol. The maximum Gasteiger partial charge on any atom is 0.253 e. The summed E-state index contributed by atoms with van der Waals surface area (Å²) in [7, 11) is 0. The number of nitrogens with zero attached hydrogens (tertiary/aromatic N) is 1. The van der Waals surface area contributed by atoms with Crippen molar-refractivity contribution in [1.82, 2.24) is 4.90 Å². The molecule has 0 atom stereocenters. The van der Waals surface area contributed by atoms with Crippen LogP contribution >= 0.6 is 0 Å². The largest absolute Gasteiger partial charge is 0.494 e. The standard InChI is InChI=1S/C27H39N3O3/c1-4-7-8-9-18-33-25-15-11-14-24(20-25)29-26(31)21-28-23-13-10-12-22(19-23)27(32)30(16-5-2)17-6-3/h10-15,19-20,28H,4-9,16-18,21H2,1-3H3,(H,29,31). The molecule has 2 aromatic rings. The second-order valence-electron chi connectivity index (χ2n) is 8.21. The molecule has 2 aromatic carbocycles. The van der Waals surface area contributed by atoms with Gasteiger partial charge < -0.3 is 20.3 Å². The van der Waals surface area contributed by atoms with Gasteiger partial charge in [0.1, 0.15) is 5.75 Å². The molecule has 6 nitrogen and oxygen atoms in total. The van der Waals surface area contributed by atoms with Gasteiger partial charge in [0.25, 0.3) is 5.91 Å². The van der Waals surface area contributed by atoms with Crippen molar-refractivity contribution in [3.8, 4) is 5.75 Å². The van der Waals surface area contributed by atoms with Crippen LogP contribution in [0.15, 0.2) is 48.5 Å². The second-order valence-corrected chi connectivity index (χ2v) is 8.21. The third kappa shape index (κ3) is 9.56. The number of rotatable bonds is 15. The maximum atomic E-state index is 12.8. The van der Waals surface area contributed by atoms with Gasteiger partial charge in [0.05, 0.1) is 13.2 Å². The Morgan fingerprint density at radius 1 is 0.848 bits per heavy atom. The third-order valence-corrected chi connectivity index (χ3v) is 5.22. The number of carbonyl (C=O) groups is 2. The molecule has 0 fully saturated rings. The van der Waals surface area contributed by atoms with Gasteiger partial charge in [-0.3, -0.25) is 9.59 Å². The molecule has 0 bridgehead atoms. The van der Waals surface area contributed by atoms with E-state index in [2.05, 4.69) is 31.4 Å². The van der Waals surface area contributed by atoms with E-state index in [0.717, 1.165) is 43.8 Å². The zero-order valence-corrected chi connectivity index (χ0v) is 20.4. The summed E-state index contributed by atoms with van der Waals surface area (Å²) in [5.41, 5.74) is 2.07. The topological polar surface area (TPSA) is 70.7 Å². The Morgan fingerprint density at radius 3 is 2.30 bits per heavy atom. The number of hydrogen-bond donors (Lipinski definition) is 2. The van der Waals surface area contributed by atoms with Gasteiger partial charge in [-0.05, 0) is 49.6 Å². The lowest BCUT2D eigenvalue weighted by Gasteiger charge is -2.21. The molecule has 0 aliphatic heterocycles. The molecular formula is C27H39N3O3. The van der Waals surface area contributed by atoms with Crippen LogP contribution in [-0.2, 0) is 4.79 Å². The van der Waals surface area contributed by atoms with E-state index in [1.807, 2.05) is 47.4 Å². The second kappa shape index (κ2) is 14.9. The number of unbranched alkanes of at least 4 members (excludes halogenated alkanes) is 3. The Kier molecular flexibility index (Phi) is 11.9. The fourth-order valence-electron chi connectivity index (χ4n) is 3.57. The van der Waals surface area contributed by atoms with Crippen LogP contribution in [0.2, 0.25) is 0 Å². The molecule has 2 N–H and O–H groups in total. The quantitative estimate of drug-likeness (QED) is 0.327. The van der Waals surface area contributed by atoms with Gasteiger partial charge in [0.15, 0.2) is 0 Å². The Labute approximate surface area is 198 Å². The SMILES string of the molecule is CCCCCCOc1cccc(NC(=O)CNc2cccc(C(=O)N(CCC)CCC)c2)c1. The Balaban J connectivity index is 1.86. The molecule has 0 saturated heterocycles. The first kappa shape index (κ1) is 26.2. The number of nitrogens with one attached hydrogen (secondary N) is 2. The fraction of sp³-hybridized carbons (Fsp3) is 0.481. The fourth-order valence-corrected chi connectivity index (χ4v) is 3.57. The highest BCUT2D eigenvalue weighted by Gasteiger charge is 2.14. The Hall–Kier alpha value is -3.02. The van der Waals surface area contributed by atoms with Crippen molar-refractivity contribution < 1.29 is 14.3 Å². The van der Waals surface area contributed by atoms with Gasteiger partial charge in [-0.2, -0.15) is 0 Å². The van der Waals surface area contributed by atoms with Gasteiger partial charge in [0.2, 0.25) is 5.91 Å². The van der Waals surface area contributed by atoms with Gasteiger partial charge in [-0.25, -0.2) is 0 Å². The molecule has 33 heavy (non-hydrogen) atoms. The normalized spacial score (nSPS) is 10.5. The summed E-state index contributed by atoms with van der Waals surface area (Å²) in [5, 5.41) is 6.01. The summed E-state index contributed by atoms with van der Waals surface area (Å²) in [6, 6.07) is 14.8. The summed E-state index contributed by atoms with van der Waals surface area (Å²) in [6.45, 7) is 8.61. The molecule has 0 spiro atoms. The summed E-state index contributed by atoms with van der Waals surface area (Å²) in [4.78, 5) is 27.1. The molecule has 0 aliphatic carbocycles. The number of benzene rings is 2. The highest BCUT2D eigenvalue weighted by Crippen LogP contribution is 2.18. The average molecular weight is 454 g/mol. The summed E-state index contributed by atoms with van der Waals surface area (Å²) in [6.07, 6.45) is 6.47. The predicted octanol–water partition coefficient (Wildman–Crippen LogP) is 5.96. The molecule has 0 saturated carbocycles. The van der Waals surface area contributed by atoms with E-state index in [-0.39, 0.29) is 18.4 Å². The zero-order chi connectivity index (χ0) is 23.9. The minimum Gasteiger partial charge on any atom is -0.494 e. The zero-order valence-electron chi connectivity index (χ0n) is 20.4. The van der Waals surface area contributed by atoms with Crippen molar-refractivity contribution >= 4 is 23.2 Å². The highest BCUT2D eigenvalue weighted by atomic mass is 16.5. The van der Waals surface area contributed by atoms with Gasteiger partial charge in [-0.15, -0.1) is 0 Å². The van der Waals surface area contributed by atoms with E-state index < -0.39 is 0 Å². The lowest BCUT2D eigenvalue weighted by atomic mass is 10.1. The van der Waals surface area contributed by atoms with E-state index in [0.29, 0.717) is 17.9 Å². The van der Waals surface area contributed by atoms with Crippen LogP contribution in [0.25, 0.3) is 0 Å². The molecule has 0 unspecified atom stereocenters. The first-order valence-electron chi connectivity index (χ1n) is 12.2. The van der Waals surface area contributed by atoms with Crippen molar-refractivity contribution in [1.29, 1.82) is 0 Å². The highest BCUT2D eigenvalue weighted by molar-refractivity contribution is 5.96. The Bertz CT molecular complexity index is 863. The number of ether oxygens (including phenoxy) is 1. The van der Waals surface area contributed by atoms with E-state index in [1.165, 1.54) is 19.3 Å². The maximum absolute atomic E-state index is 12.8. The minimum absolute atomic E-state index is 0.0262. The molecular weight excluding hydrogens is 414 g/mol.